The van der Waals surface area contributed by atoms with Gasteiger partial charge in [-0.15, -0.1) is 11.3 Å². The van der Waals surface area contributed by atoms with Crippen LogP contribution in [0.2, 0.25) is 0 Å². The summed E-state index contributed by atoms with van der Waals surface area (Å²) in [7, 11) is 0. The fraction of sp³-hybridized carbons (Fsp3) is 0.708. The molecule has 2 atom stereocenters. The molecular formula is C24H34N4O2S. The number of aryl methyl sites for hydroxylation is 2. The van der Waals surface area contributed by atoms with Crippen LogP contribution in [0.25, 0.3) is 10.2 Å². The number of piperidine rings is 1. The van der Waals surface area contributed by atoms with Crippen molar-refractivity contribution >= 4 is 27.5 Å². The van der Waals surface area contributed by atoms with Crippen LogP contribution in [-0.2, 0) is 4.74 Å². The average molecular weight is 443 g/mol. The highest BCUT2D eigenvalue weighted by Crippen LogP contribution is 2.40. The van der Waals surface area contributed by atoms with E-state index >= 15 is 0 Å². The molecule has 3 fully saturated rings. The third-order valence-corrected chi connectivity index (χ3v) is 8.21. The van der Waals surface area contributed by atoms with Gasteiger partial charge in [0.1, 0.15) is 10.7 Å². The number of amides is 1. The van der Waals surface area contributed by atoms with Crippen LogP contribution < -0.4 is 0 Å². The number of rotatable bonds is 4. The van der Waals surface area contributed by atoms with Crippen molar-refractivity contribution in [2.75, 3.05) is 32.7 Å². The number of hydrogen-bond acceptors (Lipinski definition) is 6. The molecule has 2 unspecified atom stereocenters. The van der Waals surface area contributed by atoms with Crippen molar-refractivity contribution in [1.82, 2.24) is 19.8 Å². The lowest BCUT2D eigenvalue weighted by molar-refractivity contribution is -0.0728. The second kappa shape index (κ2) is 8.41. The lowest BCUT2D eigenvalue weighted by atomic mass is 9.95. The molecular weight excluding hydrogens is 408 g/mol. The Morgan fingerprint density at radius 1 is 1.06 bits per heavy atom. The Morgan fingerprint density at radius 3 is 2.39 bits per heavy atom. The number of nitrogens with zero attached hydrogens (tertiary/aromatic N) is 4. The molecule has 31 heavy (non-hydrogen) atoms. The van der Waals surface area contributed by atoms with Crippen molar-refractivity contribution in [3.63, 3.8) is 0 Å². The van der Waals surface area contributed by atoms with E-state index in [1.807, 2.05) is 0 Å². The zero-order valence-electron chi connectivity index (χ0n) is 19.2. The summed E-state index contributed by atoms with van der Waals surface area (Å²) in [5, 5.41) is 1.09. The molecule has 4 heterocycles. The fourth-order valence-corrected chi connectivity index (χ4v) is 6.56. The first-order valence-electron chi connectivity index (χ1n) is 11.8. The number of fused-ring (bicyclic) bond motifs is 1. The first kappa shape index (κ1) is 21.3. The number of carbonyl (C=O) groups is 1. The number of hydrogen-bond donors (Lipinski definition) is 0. The van der Waals surface area contributed by atoms with Gasteiger partial charge >= 0.3 is 0 Å². The minimum Gasteiger partial charge on any atom is -0.373 e. The van der Waals surface area contributed by atoms with Gasteiger partial charge in [-0.1, -0.05) is 0 Å². The van der Waals surface area contributed by atoms with Crippen molar-refractivity contribution in [1.29, 1.82) is 0 Å². The van der Waals surface area contributed by atoms with Gasteiger partial charge in [0, 0.05) is 44.0 Å². The van der Waals surface area contributed by atoms with Crippen LogP contribution in [0.1, 0.15) is 72.2 Å². The van der Waals surface area contributed by atoms with Gasteiger partial charge < -0.3 is 9.64 Å². The normalized spacial score (nSPS) is 26.0. The molecule has 2 aromatic rings. The SMILES string of the molecule is Cc1nc(C2CC2)nc2sc(C(=O)N3CCC(CN4CC(C)OC(C)C4)CC3)c(C)c12. The summed E-state index contributed by atoms with van der Waals surface area (Å²) < 4.78 is 5.87. The lowest BCUT2D eigenvalue weighted by Crippen LogP contribution is -2.48. The Bertz CT molecular complexity index is 968. The number of morpholine rings is 1. The third-order valence-electron chi connectivity index (χ3n) is 7.04. The Kier molecular flexibility index (Phi) is 5.78. The summed E-state index contributed by atoms with van der Waals surface area (Å²) in [6.07, 6.45) is 5.18. The highest BCUT2D eigenvalue weighted by Gasteiger charge is 2.31. The molecule has 7 heteroatoms. The van der Waals surface area contributed by atoms with Crippen molar-refractivity contribution < 1.29 is 9.53 Å². The molecule has 0 radical (unpaired) electrons. The van der Waals surface area contributed by atoms with Crippen molar-refractivity contribution in [2.24, 2.45) is 5.92 Å². The molecule has 3 aliphatic rings. The predicted octanol–water partition coefficient (Wildman–Crippen LogP) is 4.15. The quantitative estimate of drug-likeness (QED) is 0.712. The van der Waals surface area contributed by atoms with Gasteiger partial charge in [-0.3, -0.25) is 9.69 Å². The molecule has 2 saturated heterocycles. The van der Waals surface area contributed by atoms with Gasteiger partial charge in [-0.25, -0.2) is 9.97 Å². The molecule has 1 amide bonds. The molecule has 0 aromatic carbocycles. The third kappa shape index (κ3) is 4.37. The Labute approximate surface area is 189 Å². The van der Waals surface area contributed by atoms with E-state index in [9.17, 15) is 4.79 Å². The maximum absolute atomic E-state index is 13.4. The van der Waals surface area contributed by atoms with E-state index < -0.39 is 0 Å². The molecule has 1 aliphatic carbocycles. The summed E-state index contributed by atoms with van der Waals surface area (Å²) in [4.78, 5) is 29.4. The number of carbonyl (C=O) groups excluding carboxylic acids is 1. The topological polar surface area (TPSA) is 58.6 Å². The molecule has 2 aliphatic heterocycles. The van der Waals surface area contributed by atoms with Crippen LogP contribution in [0, 0.1) is 19.8 Å². The van der Waals surface area contributed by atoms with Crippen LogP contribution in [0.4, 0.5) is 0 Å². The Morgan fingerprint density at radius 2 is 1.74 bits per heavy atom. The van der Waals surface area contributed by atoms with E-state index in [1.165, 1.54) is 12.8 Å². The summed E-state index contributed by atoms with van der Waals surface area (Å²) in [6.45, 7) is 13.3. The minimum absolute atomic E-state index is 0.180. The highest BCUT2D eigenvalue weighted by molar-refractivity contribution is 7.20. The number of aromatic nitrogens is 2. The zero-order chi connectivity index (χ0) is 21.7. The van der Waals surface area contributed by atoms with E-state index in [1.54, 1.807) is 11.3 Å². The summed E-state index contributed by atoms with van der Waals surface area (Å²) in [5.74, 6) is 2.35. The maximum Gasteiger partial charge on any atom is 0.264 e. The molecule has 6 nitrogen and oxygen atoms in total. The van der Waals surface area contributed by atoms with Crippen LogP contribution in [-0.4, -0.2) is 70.6 Å². The molecule has 5 rings (SSSR count). The molecule has 1 saturated carbocycles. The molecule has 2 aromatic heterocycles. The minimum atomic E-state index is 0.180. The molecule has 0 spiro atoms. The smallest absolute Gasteiger partial charge is 0.264 e. The predicted molar refractivity (Wildman–Crippen MR) is 124 cm³/mol. The van der Waals surface area contributed by atoms with Gasteiger partial charge in [0.25, 0.3) is 5.91 Å². The second-order valence-electron chi connectivity index (χ2n) is 9.89. The van der Waals surface area contributed by atoms with E-state index in [0.717, 1.165) is 77.7 Å². The maximum atomic E-state index is 13.4. The van der Waals surface area contributed by atoms with Crippen molar-refractivity contribution in [3.05, 3.63) is 22.0 Å². The van der Waals surface area contributed by atoms with Crippen LogP contribution in [0.5, 0.6) is 0 Å². The van der Waals surface area contributed by atoms with Gasteiger partial charge in [0.05, 0.1) is 22.8 Å². The average Bonchev–Trinajstić information content (AvgIpc) is 3.51. The van der Waals surface area contributed by atoms with Crippen LogP contribution in [0.15, 0.2) is 0 Å². The molecule has 0 N–H and O–H groups in total. The van der Waals surface area contributed by atoms with E-state index in [4.69, 9.17) is 14.7 Å². The molecule has 0 bridgehead atoms. The van der Waals surface area contributed by atoms with Gasteiger partial charge in [-0.05, 0) is 64.9 Å². The van der Waals surface area contributed by atoms with Crippen molar-refractivity contribution in [3.8, 4) is 0 Å². The summed E-state index contributed by atoms with van der Waals surface area (Å²) >= 11 is 1.56. The monoisotopic (exact) mass is 442 g/mol. The lowest BCUT2D eigenvalue weighted by Gasteiger charge is -2.39. The second-order valence-corrected chi connectivity index (χ2v) is 10.9. The van der Waals surface area contributed by atoms with Crippen molar-refractivity contribution in [2.45, 2.75) is 71.5 Å². The van der Waals surface area contributed by atoms with E-state index in [-0.39, 0.29) is 5.91 Å². The van der Waals surface area contributed by atoms with E-state index in [0.29, 0.717) is 24.0 Å². The standard InChI is InChI=1S/C24H34N4O2S/c1-14-11-27(12-15(2)30-14)13-18-7-9-28(10-8-18)24(29)21-16(3)20-17(4)25-22(19-5-6-19)26-23(20)31-21/h14-15,18-19H,5-13H2,1-4H3. The van der Waals surface area contributed by atoms with E-state index in [2.05, 4.69) is 37.5 Å². The van der Waals surface area contributed by atoms with Gasteiger partial charge in [0.15, 0.2) is 0 Å². The summed E-state index contributed by atoms with van der Waals surface area (Å²) in [5.41, 5.74) is 2.08. The molecule has 168 valence electrons. The summed E-state index contributed by atoms with van der Waals surface area (Å²) in [6, 6.07) is 0. The van der Waals surface area contributed by atoms with Crippen LogP contribution in [0.3, 0.4) is 0 Å². The highest BCUT2D eigenvalue weighted by atomic mass is 32.1. The Balaban J connectivity index is 1.25. The zero-order valence-corrected chi connectivity index (χ0v) is 20.0. The Hall–Kier alpha value is -1.57. The first-order valence-corrected chi connectivity index (χ1v) is 12.7. The first-order chi connectivity index (χ1) is 14.9. The largest absolute Gasteiger partial charge is 0.373 e. The number of thiophene rings is 1. The van der Waals surface area contributed by atoms with Gasteiger partial charge in [-0.2, -0.15) is 0 Å². The fourth-order valence-electron chi connectivity index (χ4n) is 5.35. The number of ether oxygens (including phenoxy) is 1. The number of likely N-dealkylation sites (tertiary alicyclic amines) is 1. The van der Waals surface area contributed by atoms with Crippen LogP contribution >= 0.6 is 11.3 Å². The van der Waals surface area contributed by atoms with Gasteiger partial charge in [0.2, 0.25) is 0 Å².